The molecule has 3 aliphatic rings. The van der Waals surface area contributed by atoms with Gasteiger partial charge in [-0.3, -0.25) is 4.79 Å². The van der Waals surface area contributed by atoms with Crippen LogP contribution in [0, 0.1) is 11.8 Å². The summed E-state index contributed by atoms with van der Waals surface area (Å²) < 4.78 is 0. The third-order valence-electron chi connectivity index (χ3n) is 6.49. The summed E-state index contributed by atoms with van der Waals surface area (Å²) >= 11 is 12.3. The first-order valence-corrected chi connectivity index (χ1v) is 11.0. The van der Waals surface area contributed by atoms with Crippen molar-refractivity contribution in [3.05, 3.63) is 22.2 Å². The maximum absolute atomic E-state index is 12.4. The Balaban J connectivity index is 1.55. The van der Waals surface area contributed by atoms with Crippen LogP contribution in [-0.4, -0.2) is 47.4 Å². The molecule has 0 radical (unpaired) electrons. The van der Waals surface area contributed by atoms with E-state index in [0.717, 1.165) is 38.9 Å². The van der Waals surface area contributed by atoms with Crippen LogP contribution in [0.3, 0.4) is 0 Å². The number of piperidine rings is 1. The highest BCUT2D eigenvalue weighted by Gasteiger charge is 2.36. The van der Waals surface area contributed by atoms with E-state index in [1.165, 1.54) is 19.3 Å². The number of hydrogen-bond donors (Lipinski definition) is 0. The summed E-state index contributed by atoms with van der Waals surface area (Å²) in [6.07, 6.45) is 11.7. The minimum Gasteiger partial charge on any atom is -0.335 e. The number of amides is 1. The molecular formula is C21H32Cl2N2O. The molecule has 3 nitrogen and oxygen atoms in total. The fourth-order valence-electron chi connectivity index (χ4n) is 4.81. The van der Waals surface area contributed by atoms with E-state index in [4.69, 9.17) is 23.2 Å². The second kappa shape index (κ2) is 9.12. The largest absolute Gasteiger partial charge is 0.335 e. The molecule has 0 aromatic rings. The second-order valence-corrected chi connectivity index (χ2v) is 9.03. The van der Waals surface area contributed by atoms with E-state index >= 15 is 0 Å². The lowest BCUT2D eigenvalue weighted by Crippen LogP contribution is -2.51. The fraction of sp³-hybridized carbons (Fsp3) is 0.762. The minimum atomic E-state index is 0.348. The highest BCUT2D eigenvalue weighted by molar-refractivity contribution is 6.44. The van der Waals surface area contributed by atoms with E-state index in [1.54, 1.807) is 0 Å². The van der Waals surface area contributed by atoms with E-state index in [0.29, 0.717) is 46.3 Å². The average molecular weight is 399 g/mol. The number of fused-ring (bicyclic) bond motifs is 2. The summed E-state index contributed by atoms with van der Waals surface area (Å²) in [7, 11) is 0. The van der Waals surface area contributed by atoms with Gasteiger partial charge < -0.3 is 9.80 Å². The van der Waals surface area contributed by atoms with Crippen molar-refractivity contribution in [1.82, 2.24) is 9.80 Å². The molecular weight excluding hydrogens is 367 g/mol. The Kier molecular flexibility index (Phi) is 7.10. The molecule has 0 spiro atoms. The predicted octanol–water partition coefficient (Wildman–Crippen LogP) is 5.14. The van der Waals surface area contributed by atoms with Gasteiger partial charge in [-0.15, -0.1) is 0 Å². The molecule has 146 valence electrons. The van der Waals surface area contributed by atoms with Crippen molar-refractivity contribution < 1.29 is 4.79 Å². The lowest BCUT2D eigenvalue weighted by molar-refractivity contribution is -0.137. The van der Waals surface area contributed by atoms with Crippen LogP contribution < -0.4 is 0 Å². The van der Waals surface area contributed by atoms with Crippen LogP contribution in [0.5, 0.6) is 0 Å². The number of rotatable bonds is 5. The summed E-state index contributed by atoms with van der Waals surface area (Å²) in [6, 6.07) is 0.890. The van der Waals surface area contributed by atoms with Gasteiger partial charge in [0.05, 0.1) is 10.1 Å². The number of carbonyl (C=O) groups excluding carboxylic acids is 1. The predicted molar refractivity (Wildman–Crippen MR) is 109 cm³/mol. The van der Waals surface area contributed by atoms with Gasteiger partial charge in [0.15, 0.2) is 0 Å². The number of hydrogen-bond acceptors (Lipinski definition) is 2. The lowest BCUT2D eigenvalue weighted by atomic mass is 9.86. The van der Waals surface area contributed by atoms with E-state index in [-0.39, 0.29) is 0 Å². The van der Waals surface area contributed by atoms with Gasteiger partial charge in [0, 0.05) is 31.6 Å². The van der Waals surface area contributed by atoms with Crippen LogP contribution in [0.25, 0.3) is 0 Å². The molecule has 26 heavy (non-hydrogen) atoms. The Morgan fingerprint density at radius 3 is 2.73 bits per heavy atom. The van der Waals surface area contributed by atoms with Gasteiger partial charge >= 0.3 is 0 Å². The van der Waals surface area contributed by atoms with Gasteiger partial charge in [-0.25, -0.2) is 0 Å². The van der Waals surface area contributed by atoms with Crippen molar-refractivity contribution in [2.75, 3.05) is 19.6 Å². The van der Waals surface area contributed by atoms with Crippen LogP contribution in [0.15, 0.2) is 22.2 Å². The van der Waals surface area contributed by atoms with Crippen LogP contribution >= 0.6 is 23.2 Å². The Morgan fingerprint density at radius 1 is 1.23 bits per heavy atom. The van der Waals surface area contributed by atoms with Crippen molar-refractivity contribution >= 4 is 29.1 Å². The van der Waals surface area contributed by atoms with Crippen molar-refractivity contribution in [3.63, 3.8) is 0 Å². The first-order valence-electron chi connectivity index (χ1n) is 10.3. The third kappa shape index (κ3) is 4.66. The first-order chi connectivity index (χ1) is 12.5. The fourth-order valence-corrected chi connectivity index (χ4v) is 5.20. The molecule has 0 aromatic carbocycles. The van der Waals surface area contributed by atoms with Crippen molar-refractivity contribution in [2.24, 2.45) is 11.8 Å². The van der Waals surface area contributed by atoms with Crippen molar-refractivity contribution in [3.8, 4) is 0 Å². The second-order valence-electron chi connectivity index (χ2n) is 8.21. The smallest absolute Gasteiger partial charge is 0.222 e. The van der Waals surface area contributed by atoms with Crippen LogP contribution in [-0.2, 0) is 4.79 Å². The lowest BCUT2D eigenvalue weighted by Gasteiger charge is -2.41. The third-order valence-corrected chi connectivity index (χ3v) is 7.27. The average Bonchev–Trinajstić information content (AvgIpc) is 2.74. The van der Waals surface area contributed by atoms with Crippen molar-refractivity contribution in [2.45, 2.75) is 70.9 Å². The first kappa shape index (κ1) is 20.2. The Hall–Kier alpha value is -0.510. The van der Waals surface area contributed by atoms with Crippen molar-refractivity contribution in [1.29, 1.82) is 0 Å². The van der Waals surface area contributed by atoms with Gasteiger partial charge in [0.25, 0.3) is 0 Å². The van der Waals surface area contributed by atoms with E-state index in [1.807, 2.05) is 13.0 Å². The van der Waals surface area contributed by atoms with Gasteiger partial charge in [0.2, 0.25) is 5.91 Å². The standard InChI is InChI=1S/C21H32Cl2N2O/c1-3-21(26)25-17-5-4-6-18(25)14-24(12-10-17)11-9-15(2)16-7-8-19(22)20(23)13-16/h8,13,15-18H,3-7,9-12,14H2,1-2H3. The van der Waals surface area contributed by atoms with Crippen LogP contribution in [0.4, 0.5) is 0 Å². The summed E-state index contributed by atoms with van der Waals surface area (Å²) in [5.74, 6) is 1.41. The molecule has 0 N–H and O–H groups in total. The molecule has 2 saturated heterocycles. The van der Waals surface area contributed by atoms with Crippen LogP contribution in [0.1, 0.15) is 58.8 Å². The van der Waals surface area contributed by atoms with E-state index in [2.05, 4.69) is 22.8 Å². The summed E-state index contributed by atoms with van der Waals surface area (Å²) in [6.45, 7) is 7.59. The zero-order chi connectivity index (χ0) is 18.7. The summed E-state index contributed by atoms with van der Waals surface area (Å²) in [5.41, 5.74) is 0. The topological polar surface area (TPSA) is 23.6 Å². The monoisotopic (exact) mass is 398 g/mol. The number of halogens is 2. The molecule has 2 bridgehead atoms. The zero-order valence-corrected chi connectivity index (χ0v) is 17.6. The Morgan fingerprint density at radius 2 is 2.00 bits per heavy atom. The summed E-state index contributed by atoms with van der Waals surface area (Å²) in [4.78, 5) is 17.3. The molecule has 5 heteroatoms. The van der Waals surface area contributed by atoms with Gasteiger partial charge in [-0.1, -0.05) is 49.2 Å². The maximum Gasteiger partial charge on any atom is 0.222 e. The molecule has 1 aliphatic carbocycles. The molecule has 0 aromatic heterocycles. The molecule has 4 atom stereocenters. The Bertz CT molecular complexity index is 574. The quantitative estimate of drug-likeness (QED) is 0.639. The number of carbonyl (C=O) groups is 1. The number of nitrogens with zero attached hydrogens (tertiary/aromatic N) is 2. The Labute approximate surface area is 168 Å². The van der Waals surface area contributed by atoms with E-state index < -0.39 is 0 Å². The van der Waals surface area contributed by atoms with Gasteiger partial charge in [0.1, 0.15) is 0 Å². The zero-order valence-electron chi connectivity index (χ0n) is 16.1. The normalized spacial score (nSPS) is 31.1. The highest BCUT2D eigenvalue weighted by atomic mass is 35.5. The SMILES string of the molecule is CCC(=O)N1C2CCCC1CN(CCC(C)C1C=C(Cl)C(Cl)=CC1)CC2. The molecule has 2 heterocycles. The molecule has 0 saturated carbocycles. The van der Waals surface area contributed by atoms with Crippen LogP contribution in [0.2, 0.25) is 0 Å². The molecule has 2 fully saturated rings. The maximum atomic E-state index is 12.4. The summed E-state index contributed by atoms with van der Waals surface area (Å²) in [5, 5.41) is 1.39. The molecule has 1 amide bonds. The molecule has 3 rings (SSSR count). The highest BCUT2D eigenvalue weighted by Crippen LogP contribution is 2.34. The van der Waals surface area contributed by atoms with Gasteiger partial charge in [-0.2, -0.15) is 0 Å². The number of allylic oxidation sites excluding steroid dienone is 4. The van der Waals surface area contributed by atoms with E-state index in [9.17, 15) is 4.79 Å². The molecule has 4 unspecified atom stereocenters. The minimum absolute atomic E-state index is 0.348. The van der Waals surface area contributed by atoms with Gasteiger partial charge in [-0.05, 0) is 56.9 Å². The molecule has 2 aliphatic heterocycles.